The lowest BCUT2D eigenvalue weighted by molar-refractivity contribution is -0.0971. The standard InChI is InChI=1S/C33H41NO5/c1-32(2,3)39-31(35)34-21-13-20-33(36,30(34)26-16-9-6-10-17-26)22-27(28-18-11-12-19-29(28)37-4)24-38-23-25-14-7-5-8-15-25/h5-12,14-19,27,30,36H,13,20-24H2,1-4H3/t27-,30-,33+/m0/s1. The first kappa shape index (κ1) is 28.7. The zero-order valence-electron chi connectivity index (χ0n) is 23.5. The lowest BCUT2D eigenvalue weighted by Crippen LogP contribution is -2.54. The normalized spacial score (nSPS) is 20.3. The van der Waals surface area contributed by atoms with E-state index in [1.54, 1.807) is 12.0 Å². The Balaban J connectivity index is 1.67. The molecule has 1 N–H and O–H groups in total. The predicted octanol–water partition coefficient (Wildman–Crippen LogP) is 6.89. The van der Waals surface area contributed by atoms with Crippen molar-refractivity contribution in [1.29, 1.82) is 0 Å². The van der Waals surface area contributed by atoms with E-state index in [2.05, 4.69) is 0 Å². The number of rotatable bonds is 9. The van der Waals surface area contributed by atoms with Crippen LogP contribution in [-0.2, 0) is 16.1 Å². The van der Waals surface area contributed by atoms with Gasteiger partial charge in [-0.1, -0.05) is 78.9 Å². The van der Waals surface area contributed by atoms with Gasteiger partial charge in [-0.25, -0.2) is 4.79 Å². The molecule has 0 aromatic heterocycles. The number of carbonyl (C=O) groups excluding carboxylic acids is 1. The van der Waals surface area contributed by atoms with E-state index in [-0.39, 0.29) is 5.92 Å². The van der Waals surface area contributed by atoms with Crippen molar-refractivity contribution < 1.29 is 24.1 Å². The highest BCUT2D eigenvalue weighted by Gasteiger charge is 2.48. The number of likely N-dealkylation sites (tertiary alicyclic amines) is 1. The van der Waals surface area contributed by atoms with Gasteiger partial charge in [0.05, 0.1) is 32.0 Å². The summed E-state index contributed by atoms with van der Waals surface area (Å²) in [5.74, 6) is 0.588. The molecule has 39 heavy (non-hydrogen) atoms. The molecule has 1 aliphatic heterocycles. The summed E-state index contributed by atoms with van der Waals surface area (Å²) in [7, 11) is 1.66. The molecule has 0 spiro atoms. The van der Waals surface area contributed by atoms with Crippen LogP contribution < -0.4 is 4.74 Å². The van der Waals surface area contributed by atoms with Crippen molar-refractivity contribution >= 4 is 6.09 Å². The highest BCUT2D eigenvalue weighted by Crippen LogP contribution is 2.46. The fourth-order valence-corrected chi connectivity index (χ4v) is 5.55. The summed E-state index contributed by atoms with van der Waals surface area (Å²) in [5, 5.41) is 12.5. The van der Waals surface area contributed by atoms with Gasteiger partial charge in [0, 0.05) is 12.5 Å². The maximum absolute atomic E-state index is 13.4. The molecular formula is C33H41NO5. The Hall–Kier alpha value is -3.35. The second-order valence-corrected chi connectivity index (χ2v) is 11.3. The fraction of sp³-hybridized carbons (Fsp3) is 0.424. The Morgan fingerprint density at radius 1 is 1.00 bits per heavy atom. The quantitative estimate of drug-likeness (QED) is 0.326. The molecule has 1 saturated heterocycles. The third-order valence-electron chi connectivity index (χ3n) is 7.18. The average Bonchev–Trinajstić information content (AvgIpc) is 2.92. The van der Waals surface area contributed by atoms with Crippen LogP contribution in [-0.4, -0.2) is 47.6 Å². The van der Waals surface area contributed by atoms with Crippen LogP contribution in [0.25, 0.3) is 0 Å². The summed E-state index contributed by atoms with van der Waals surface area (Å²) in [6.45, 7) is 6.96. The molecule has 0 unspecified atom stereocenters. The van der Waals surface area contributed by atoms with Gasteiger partial charge in [-0.05, 0) is 62.8 Å². The van der Waals surface area contributed by atoms with E-state index < -0.39 is 23.3 Å². The number of piperidine rings is 1. The molecule has 6 heteroatoms. The summed E-state index contributed by atoms with van der Waals surface area (Å²) >= 11 is 0. The minimum atomic E-state index is -1.21. The molecule has 4 rings (SSSR count). The van der Waals surface area contributed by atoms with Gasteiger partial charge in [-0.15, -0.1) is 0 Å². The Morgan fingerprint density at radius 3 is 2.31 bits per heavy atom. The van der Waals surface area contributed by atoms with Gasteiger partial charge < -0.3 is 19.3 Å². The molecule has 0 radical (unpaired) electrons. The predicted molar refractivity (Wildman–Crippen MR) is 153 cm³/mol. The van der Waals surface area contributed by atoms with E-state index in [9.17, 15) is 9.90 Å². The molecule has 208 valence electrons. The molecule has 6 nitrogen and oxygen atoms in total. The smallest absolute Gasteiger partial charge is 0.410 e. The van der Waals surface area contributed by atoms with Crippen molar-refractivity contribution in [2.45, 2.75) is 69.8 Å². The van der Waals surface area contributed by atoms with E-state index in [4.69, 9.17) is 14.2 Å². The zero-order valence-corrected chi connectivity index (χ0v) is 23.5. The van der Waals surface area contributed by atoms with Crippen LogP contribution in [0, 0.1) is 0 Å². The molecule has 0 saturated carbocycles. The molecule has 1 amide bonds. The first-order valence-corrected chi connectivity index (χ1v) is 13.7. The fourth-order valence-electron chi connectivity index (χ4n) is 5.55. The summed E-state index contributed by atoms with van der Waals surface area (Å²) in [5.41, 5.74) is 1.10. The largest absolute Gasteiger partial charge is 0.496 e. The van der Waals surface area contributed by atoms with Crippen LogP contribution in [0.15, 0.2) is 84.9 Å². The van der Waals surface area contributed by atoms with Gasteiger partial charge in [0.25, 0.3) is 0 Å². The van der Waals surface area contributed by atoms with Crippen LogP contribution in [0.2, 0.25) is 0 Å². The Labute approximate surface area is 232 Å². The molecule has 0 aliphatic carbocycles. The maximum atomic E-state index is 13.4. The van der Waals surface area contributed by atoms with Crippen molar-refractivity contribution in [3.63, 3.8) is 0 Å². The number of ether oxygens (including phenoxy) is 3. The zero-order chi connectivity index (χ0) is 27.9. The number of nitrogens with zero attached hydrogens (tertiary/aromatic N) is 1. The molecule has 3 atom stereocenters. The maximum Gasteiger partial charge on any atom is 0.410 e. The van der Waals surface area contributed by atoms with E-state index >= 15 is 0 Å². The summed E-state index contributed by atoms with van der Waals surface area (Å²) < 4.78 is 17.7. The van der Waals surface area contributed by atoms with Gasteiger partial charge in [-0.2, -0.15) is 0 Å². The van der Waals surface area contributed by atoms with Crippen LogP contribution in [0.5, 0.6) is 5.75 Å². The molecule has 1 fully saturated rings. The second kappa shape index (κ2) is 12.7. The van der Waals surface area contributed by atoms with E-state index in [0.717, 1.165) is 22.4 Å². The molecular weight excluding hydrogens is 490 g/mol. The molecule has 3 aromatic carbocycles. The highest BCUT2D eigenvalue weighted by molar-refractivity contribution is 5.69. The van der Waals surface area contributed by atoms with Crippen molar-refractivity contribution in [3.8, 4) is 5.75 Å². The Kier molecular flexibility index (Phi) is 9.31. The molecule has 1 heterocycles. The SMILES string of the molecule is COc1ccccc1[C@H](COCc1ccccc1)C[C@]1(O)CCCN(C(=O)OC(C)(C)C)[C@H]1c1ccccc1. The second-order valence-electron chi connectivity index (χ2n) is 11.3. The van der Waals surface area contributed by atoms with E-state index in [1.165, 1.54) is 0 Å². The number of hydrogen-bond donors (Lipinski definition) is 1. The van der Waals surface area contributed by atoms with Crippen LogP contribution in [0.3, 0.4) is 0 Å². The van der Waals surface area contributed by atoms with Crippen LogP contribution >= 0.6 is 0 Å². The number of hydrogen-bond acceptors (Lipinski definition) is 5. The number of amides is 1. The third kappa shape index (κ3) is 7.40. The molecule has 1 aliphatic rings. The highest BCUT2D eigenvalue weighted by atomic mass is 16.6. The topological polar surface area (TPSA) is 68.2 Å². The Morgan fingerprint density at radius 2 is 1.64 bits per heavy atom. The van der Waals surface area contributed by atoms with Gasteiger partial charge >= 0.3 is 6.09 Å². The van der Waals surface area contributed by atoms with Gasteiger partial charge in [0.2, 0.25) is 0 Å². The minimum Gasteiger partial charge on any atom is -0.496 e. The van der Waals surface area contributed by atoms with Crippen LogP contribution in [0.1, 0.15) is 68.7 Å². The van der Waals surface area contributed by atoms with Crippen molar-refractivity contribution in [2.75, 3.05) is 20.3 Å². The van der Waals surface area contributed by atoms with Gasteiger partial charge in [-0.3, -0.25) is 4.90 Å². The summed E-state index contributed by atoms with van der Waals surface area (Å²) in [6, 6.07) is 27.2. The van der Waals surface area contributed by atoms with Gasteiger partial charge in [0.15, 0.2) is 0 Å². The minimum absolute atomic E-state index is 0.167. The number of aliphatic hydroxyl groups is 1. The number of methoxy groups -OCH3 is 1. The molecule has 0 bridgehead atoms. The first-order valence-electron chi connectivity index (χ1n) is 13.7. The monoisotopic (exact) mass is 531 g/mol. The third-order valence-corrected chi connectivity index (χ3v) is 7.18. The lowest BCUT2D eigenvalue weighted by atomic mass is 9.74. The van der Waals surface area contributed by atoms with Crippen LogP contribution in [0.4, 0.5) is 4.79 Å². The number of carbonyl (C=O) groups is 1. The van der Waals surface area contributed by atoms with Crippen molar-refractivity contribution in [3.05, 3.63) is 102 Å². The van der Waals surface area contributed by atoms with Crippen molar-refractivity contribution in [1.82, 2.24) is 4.90 Å². The van der Waals surface area contributed by atoms with Crippen molar-refractivity contribution in [2.24, 2.45) is 0 Å². The average molecular weight is 532 g/mol. The summed E-state index contributed by atoms with van der Waals surface area (Å²) in [6.07, 6.45) is 1.20. The summed E-state index contributed by atoms with van der Waals surface area (Å²) in [4.78, 5) is 15.1. The first-order chi connectivity index (χ1) is 18.7. The molecule has 3 aromatic rings. The number of benzene rings is 3. The Bertz CT molecular complexity index is 1190. The number of para-hydroxylation sites is 1. The lowest BCUT2D eigenvalue weighted by Gasteiger charge is -2.48. The van der Waals surface area contributed by atoms with E-state index in [0.29, 0.717) is 39.0 Å². The van der Waals surface area contributed by atoms with E-state index in [1.807, 2.05) is 106 Å². The van der Waals surface area contributed by atoms with Gasteiger partial charge in [0.1, 0.15) is 11.4 Å².